The van der Waals surface area contributed by atoms with Gasteiger partial charge in [-0.15, -0.1) is 0 Å². The molecule has 0 bridgehead atoms. The Hall–Kier alpha value is -1.40. The molecule has 5 nitrogen and oxygen atoms in total. The molecule has 6 heteroatoms. The highest BCUT2D eigenvalue weighted by Gasteiger charge is 2.43. The molecule has 20 heavy (non-hydrogen) atoms. The standard InChI is InChI=1S/C14H19NO4S/c1-5-9-6-11-12(7-10(9)13(16)19-4)20(17,18)8-14(11,2)15-3/h6-7,15H,5,8H2,1-4H3. The largest absolute Gasteiger partial charge is 0.465 e. The summed E-state index contributed by atoms with van der Waals surface area (Å²) in [5.41, 5.74) is 1.24. The molecule has 0 amide bonds. The van der Waals surface area contributed by atoms with Gasteiger partial charge in [-0.3, -0.25) is 0 Å². The Morgan fingerprint density at radius 3 is 2.60 bits per heavy atom. The molecule has 0 radical (unpaired) electrons. The van der Waals surface area contributed by atoms with Crippen molar-refractivity contribution in [3.05, 3.63) is 28.8 Å². The zero-order chi connectivity index (χ0) is 15.1. The number of ether oxygens (including phenoxy) is 1. The molecule has 0 fully saturated rings. The molecular formula is C14H19NO4S. The molecule has 1 aromatic carbocycles. The fourth-order valence-electron chi connectivity index (χ4n) is 2.65. The summed E-state index contributed by atoms with van der Waals surface area (Å²) in [4.78, 5) is 12.0. The summed E-state index contributed by atoms with van der Waals surface area (Å²) in [6.07, 6.45) is 0.636. The van der Waals surface area contributed by atoms with Crippen LogP contribution in [0.5, 0.6) is 0 Å². The first-order valence-electron chi connectivity index (χ1n) is 6.46. The number of carbonyl (C=O) groups is 1. The van der Waals surface area contributed by atoms with Crippen molar-refractivity contribution < 1.29 is 17.9 Å². The Bertz CT molecular complexity index is 666. The first-order chi connectivity index (χ1) is 9.29. The van der Waals surface area contributed by atoms with E-state index in [0.29, 0.717) is 12.0 Å². The molecule has 1 unspecified atom stereocenters. The number of rotatable bonds is 3. The molecule has 1 aromatic rings. The van der Waals surface area contributed by atoms with E-state index in [1.54, 1.807) is 7.05 Å². The number of esters is 1. The van der Waals surface area contributed by atoms with Gasteiger partial charge < -0.3 is 10.1 Å². The molecular weight excluding hydrogens is 278 g/mol. The third-order valence-corrected chi connectivity index (χ3v) is 5.92. The predicted octanol–water partition coefficient (Wildman–Crippen LogP) is 1.26. The third-order valence-electron chi connectivity index (χ3n) is 3.95. The van der Waals surface area contributed by atoms with Crippen LogP contribution in [0.25, 0.3) is 0 Å². The van der Waals surface area contributed by atoms with E-state index in [9.17, 15) is 13.2 Å². The summed E-state index contributed by atoms with van der Waals surface area (Å²) in [6, 6.07) is 3.26. The monoisotopic (exact) mass is 297 g/mol. The zero-order valence-corrected chi connectivity index (χ0v) is 12.9. The summed E-state index contributed by atoms with van der Waals surface area (Å²) in [6.45, 7) is 3.78. The second kappa shape index (κ2) is 4.86. The molecule has 0 saturated carbocycles. The molecule has 1 aliphatic heterocycles. The number of fused-ring (bicyclic) bond motifs is 1. The Labute approximate surface area is 119 Å². The van der Waals surface area contributed by atoms with Gasteiger partial charge in [-0.1, -0.05) is 13.0 Å². The molecule has 110 valence electrons. The fourth-order valence-corrected chi connectivity index (χ4v) is 4.78. The highest BCUT2D eigenvalue weighted by molar-refractivity contribution is 7.91. The van der Waals surface area contributed by atoms with E-state index in [4.69, 9.17) is 4.74 Å². The summed E-state index contributed by atoms with van der Waals surface area (Å²) in [7, 11) is -0.351. The van der Waals surface area contributed by atoms with Gasteiger partial charge in [0, 0.05) is 0 Å². The maximum absolute atomic E-state index is 12.3. The van der Waals surface area contributed by atoms with Crippen molar-refractivity contribution in [3.63, 3.8) is 0 Å². The minimum absolute atomic E-state index is 0.000383. The van der Waals surface area contributed by atoms with E-state index in [1.807, 2.05) is 19.9 Å². The van der Waals surface area contributed by atoms with Crippen LogP contribution in [0, 0.1) is 0 Å². The molecule has 1 N–H and O–H groups in total. The molecule has 1 heterocycles. The minimum atomic E-state index is -3.38. The summed E-state index contributed by atoms with van der Waals surface area (Å²) < 4.78 is 29.3. The van der Waals surface area contributed by atoms with Gasteiger partial charge in [-0.2, -0.15) is 0 Å². The Morgan fingerprint density at radius 2 is 2.10 bits per heavy atom. The number of aryl methyl sites for hydroxylation is 1. The van der Waals surface area contributed by atoms with E-state index in [-0.39, 0.29) is 10.6 Å². The van der Waals surface area contributed by atoms with Gasteiger partial charge in [0.05, 0.1) is 28.9 Å². The topological polar surface area (TPSA) is 72.5 Å². The number of carbonyl (C=O) groups excluding carboxylic acids is 1. The lowest BCUT2D eigenvalue weighted by Gasteiger charge is -2.23. The average Bonchev–Trinajstić information content (AvgIpc) is 2.63. The van der Waals surface area contributed by atoms with Crippen LogP contribution in [-0.4, -0.2) is 34.3 Å². The van der Waals surface area contributed by atoms with Crippen LogP contribution in [0.4, 0.5) is 0 Å². The van der Waals surface area contributed by atoms with Gasteiger partial charge in [-0.25, -0.2) is 13.2 Å². The van der Waals surface area contributed by atoms with Gasteiger partial charge >= 0.3 is 5.97 Å². The Kier molecular flexibility index (Phi) is 3.64. The van der Waals surface area contributed by atoms with E-state index < -0.39 is 21.3 Å². The first kappa shape index (κ1) is 15.0. The van der Waals surface area contributed by atoms with Crippen LogP contribution in [-0.2, 0) is 26.5 Å². The average molecular weight is 297 g/mol. The van der Waals surface area contributed by atoms with Crippen LogP contribution >= 0.6 is 0 Å². The van der Waals surface area contributed by atoms with E-state index >= 15 is 0 Å². The van der Waals surface area contributed by atoms with Crippen molar-refractivity contribution in [1.29, 1.82) is 0 Å². The van der Waals surface area contributed by atoms with Gasteiger partial charge in [0.25, 0.3) is 0 Å². The molecule has 0 aromatic heterocycles. The second-order valence-electron chi connectivity index (χ2n) is 5.19. The summed E-state index contributed by atoms with van der Waals surface area (Å²) >= 11 is 0. The number of nitrogens with one attached hydrogen (secondary N) is 1. The van der Waals surface area contributed by atoms with Crippen molar-refractivity contribution in [2.24, 2.45) is 0 Å². The van der Waals surface area contributed by atoms with Crippen LogP contribution in [0.2, 0.25) is 0 Å². The third kappa shape index (κ3) is 2.13. The quantitative estimate of drug-likeness (QED) is 0.850. The van der Waals surface area contributed by atoms with Gasteiger partial charge in [0.15, 0.2) is 9.84 Å². The van der Waals surface area contributed by atoms with E-state index in [1.165, 1.54) is 13.2 Å². The van der Waals surface area contributed by atoms with Crippen molar-refractivity contribution in [2.75, 3.05) is 19.9 Å². The van der Waals surface area contributed by atoms with Crippen molar-refractivity contribution in [1.82, 2.24) is 5.32 Å². The molecule has 1 atom stereocenters. The van der Waals surface area contributed by atoms with Crippen molar-refractivity contribution in [3.8, 4) is 0 Å². The smallest absolute Gasteiger partial charge is 0.338 e. The Morgan fingerprint density at radius 1 is 1.45 bits per heavy atom. The van der Waals surface area contributed by atoms with Crippen LogP contribution in [0.3, 0.4) is 0 Å². The first-order valence-corrected chi connectivity index (χ1v) is 8.11. The minimum Gasteiger partial charge on any atom is -0.465 e. The van der Waals surface area contributed by atoms with Crippen LogP contribution < -0.4 is 5.32 Å². The highest BCUT2D eigenvalue weighted by atomic mass is 32.2. The van der Waals surface area contributed by atoms with E-state index in [2.05, 4.69) is 5.32 Å². The molecule has 0 aliphatic carbocycles. The maximum Gasteiger partial charge on any atom is 0.338 e. The lowest BCUT2D eigenvalue weighted by atomic mass is 9.90. The summed E-state index contributed by atoms with van der Waals surface area (Å²) in [5.74, 6) is -0.502. The number of methoxy groups -OCH3 is 1. The van der Waals surface area contributed by atoms with E-state index in [0.717, 1.165) is 11.1 Å². The Balaban J connectivity index is 2.76. The van der Waals surface area contributed by atoms with Crippen LogP contribution in [0.1, 0.15) is 35.3 Å². The van der Waals surface area contributed by atoms with Crippen molar-refractivity contribution >= 4 is 15.8 Å². The summed E-state index contributed by atoms with van der Waals surface area (Å²) in [5, 5.41) is 3.07. The molecule has 0 saturated heterocycles. The van der Waals surface area contributed by atoms with Crippen molar-refractivity contribution in [2.45, 2.75) is 30.7 Å². The fraction of sp³-hybridized carbons (Fsp3) is 0.500. The van der Waals surface area contributed by atoms with Gasteiger partial charge in [-0.05, 0) is 37.6 Å². The van der Waals surface area contributed by atoms with Gasteiger partial charge in [0.1, 0.15) is 0 Å². The second-order valence-corrected chi connectivity index (χ2v) is 7.15. The molecule has 1 aliphatic rings. The van der Waals surface area contributed by atoms with Crippen LogP contribution in [0.15, 0.2) is 17.0 Å². The molecule has 2 rings (SSSR count). The highest BCUT2D eigenvalue weighted by Crippen LogP contribution is 2.39. The maximum atomic E-state index is 12.3. The number of hydrogen-bond acceptors (Lipinski definition) is 5. The zero-order valence-electron chi connectivity index (χ0n) is 12.1. The lowest BCUT2D eigenvalue weighted by molar-refractivity contribution is 0.0599. The van der Waals surface area contributed by atoms with Gasteiger partial charge in [0.2, 0.25) is 0 Å². The number of hydrogen-bond donors (Lipinski definition) is 1. The normalized spacial score (nSPS) is 23.4. The lowest BCUT2D eigenvalue weighted by Crippen LogP contribution is -2.38. The molecule has 0 spiro atoms. The number of sulfone groups is 1. The SMILES string of the molecule is CCc1cc2c(cc1C(=O)OC)S(=O)(=O)CC2(C)NC. The predicted molar refractivity (Wildman–Crippen MR) is 75.6 cm³/mol. The number of benzene rings is 1.